The molecule has 0 unspecified atom stereocenters. The predicted molar refractivity (Wildman–Crippen MR) is 71.3 cm³/mol. The minimum atomic E-state index is 0.0363. The molecule has 0 bridgehead atoms. The number of ether oxygens (including phenoxy) is 1. The van der Waals surface area contributed by atoms with Crippen LogP contribution in [-0.2, 0) is 0 Å². The molecule has 0 aliphatic heterocycles. The van der Waals surface area contributed by atoms with Gasteiger partial charge in [0.25, 0.3) is 0 Å². The van der Waals surface area contributed by atoms with Gasteiger partial charge in [-0.3, -0.25) is 0 Å². The number of hydrogen-bond donors (Lipinski definition) is 1. The van der Waals surface area contributed by atoms with Crippen LogP contribution in [0.5, 0.6) is 5.75 Å². The first kappa shape index (κ1) is 12.4. The van der Waals surface area contributed by atoms with Crippen molar-refractivity contribution in [2.75, 3.05) is 0 Å². The standard InChI is InChI=1S/C15H23NO/c1-11-8-9-14(12(2)16)15(10-11)17-13-6-4-3-5-7-13/h8-10,12-13H,3-7,16H2,1-2H3/t12-/m1/s1. The third kappa shape index (κ3) is 3.22. The summed E-state index contributed by atoms with van der Waals surface area (Å²) in [6, 6.07) is 6.35. The first-order valence-electron chi connectivity index (χ1n) is 6.69. The predicted octanol–water partition coefficient (Wildman–Crippen LogP) is 3.73. The topological polar surface area (TPSA) is 35.2 Å². The minimum Gasteiger partial charge on any atom is -0.490 e. The molecular formula is C15H23NO. The molecule has 1 aliphatic rings. The van der Waals surface area contributed by atoms with E-state index in [2.05, 4.69) is 25.1 Å². The molecule has 0 radical (unpaired) electrons. The zero-order valence-corrected chi connectivity index (χ0v) is 10.9. The second kappa shape index (κ2) is 5.54. The highest BCUT2D eigenvalue weighted by Crippen LogP contribution is 2.29. The molecule has 1 aromatic rings. The summed E-state index contributed by atoms with van der Waals surface area (Å²) in [6.07, 6.45) is 6.71. The van der Waals surface area contributed by atoms with Crippen LogP contribution in [0.25, 0.3) is 0 Å². The van der Waals surface area contributed by atoms with Crippen LogP contribution in [-0.4, -0.2) is 6.10 Å². The summed E-state index contributed by atoms with van der Waals surface area (Å²) >= 11 is 0. The number of aryl methyl sites for hydroxylation is 1. The number of benzene rings is 1. The molecule has 1 fully saturated rings. The number of nitrogens with two attached hydrogens (primary N) is 1. The Morgan fingerprint density at radius 3 is 2.59 bits per heavy atom. The van der Waals surface area contributed by atoms with E-state index in [1.54, 1.807) is 0 Å². The Bertz CT molecular complexity index is 367. The molecule has 1 atom stereocenters. The minimum absolute atomic E-state index is 0.0363. The molecular weight excluding hydrogens is 210 g/mol. The van der Waals surface area contributed by atoms with Gasteiger partial charge in [0, 0.05) is 11.6 Å². The number of hydrogen-bond acceptors (Lipinski definition) is 2. The summed E-state index contributed by atoms with van der Waals surface area (Å²) in [5.74, 6) is 0.993. The maximum absolute atomic E-state index is 6.15. The Labute approximate surface area is 104 Å². The Morgan fingerprint density at radius 2 is 1.94 bits per heavy atom. The lowest BCUT2D eigenvalue weighted by molar-refractivity contribution is 0.153. The van der Waals surface area contributed by atoms with Gasteiger partial charge in [-0.05, 0) is 51.2 Å². The fraction of sp³-hybridized carbons (Fsp3) is 0.600. The van der Waals surface area contributed by atoms with Crippen molar-refractivity contribution in [2.45, 2.75) is 58.1 Å². The summed E-state index contributed by atoms with van der Waals surface area (Å²) < 4.78 is 6.15. The van der Waals surface area contributed by atoms with Crippen LogP contribution in [0.3, 0.4) is 0 Å². The SMILES string of the molecule is Cc1ccc([C@@H](C)N)c(OC2CCCCC2)c1. The van der Waals surface area contributed by atoms with E-state index in [-0.39, 0.29) is 6.04 Å². The van der Waals surface area contributed by atoms with Crippen molar-refractivity contribution in [2.24, 2.45) is 5.73 Å². The molecule has 2 heteroatoms. The molecule has 1 aromatic carbocycles. The highest BCUT2D eigenvalue weighted by atomic mass is 16.5. The van der Waals surface area contributed by atoms with Crippen molar-refractivity contribution < 1.29 is 4.74 Å². The van der Waals surface area contributed by atoms with Crippen LogP contribution in [0.1, 0.15) is 56.2 Å². The molecule has 0 heterocycles. The van der Waals surface area contributed by atoms with Crippen molar-refractivity contribution in [3.63, 3.8) is 0 Å². The molecule has 2 rings (SSSR count). The lowest BCUT2D eigenvalue weighted by Gasteiger charge is -2.25. The first-order chi connectivity index (χ1) is 8.16. The second-order valence-corrected chi connectivity index (χ2v) is 5.21. The maximum Gasteiger partial charge on any atom is 0.124 e. The highest BCUT2D eigenvalue weighted by Gasteiger charge is 2.17. The van der Waals surface area contributed by atoms with E-state index in [4.69, 9.17) is 10.5 Å². The van der Waals surface area contributed by atoms with Crippen LogP contribution in [0.2, 0.25) is 0 Å². The summed E-state index contributed by atoms with van der Waals surface area (Å²) in [5, 5.41) is 0. The van der Waals surface area contributed by atoms with E-state index >= 15 is 0 Å². The normalized spacial score (nSPS) is 19.0. The summed E-state index contributed by atoms with van der Waals surface area (Å²) in [4.78, 5) is 0. The zero-order chi connectivity index (χ0) is 12.3. The fourth-order valence-corrected chi connectivity index (χ4v) is 2.48. The van der Waals surface area contributed by atoms with Crippen molar-refractivity contribution >= 4 is 0 Å². The van der Waals surface area contributed by atoms with E-state index in [0.29, 0.717) is 6.10 Å². The largest absolute Gasteiger partial charge is 0.490 e. The van der Waals surface area contributed by atoms with Gasteiger partial charge in [-0.2, -0.15) is 0 Å². The van der Waals surface area contributed by atoms with Gasteiger partial charge in [-0.25, -0.2) is 0 Å². The van der Waals surface area contributed by atoms with E-state index in [9.17, 15) is 0 Å². The average Bonchev–Trinajstić information content (AvgIpc) is 2.30. The van der Waals surface area contributed by atoms with E-state index in [1.807, 2.05) is 6.92 Å². The van der Waals surface area contributed by atoms with Gasteiger partial charge < -0.3 is 10.5 Å². The molecule has 0 amide bonds. The third-order valence-electron chi connectivity index (χ3n) is 3.51. The van der Waals surface area contributed by atoms with Gasteiger partial charge in [-0.15, -0.1) is 0 Å². The third-order valence-corrected chi connectivity index (χ3v) is 3.51. The van der Waals surface area contributed by atoms with Gasteiger partial charge in [0.2, 0.25) is 0 Å². The summed E-state index contributed by atoms with van der Waals surface area (Å²) in [7, 11) is 0. The van der Waals surface area contributed by atoms with Crippen molar-refractivity contribution in [3.05, 3.63) is 29.3 Å². The lowest BCUT2D eigenvalue weighted by Crippen LogP contribution is -2.21. The highest BCUT2D eigenvalue weighted by molar-refractivity contribution is 5.39. The average molecular weight is 233 g/mol. The molecule has 2 nitrogen and oxygen atoms in total. The number of rotatable bonds is 3. The van der Waals surface area contributed by atoms with Crippen LogP contribution in [0.4, 0.5) is 0 Å². The second-order valence-electron chi connectivity index (χ2n) is 5.21. The van der Waals surface area contributed by atoms with Crippen molar-refractivity contribution in [1.82, 2.24) is 0 Å². The van der Waals surface area contributed by atoms with Gasteiger partial charge in [0.1, 0.15) is 5.75 Å². The molecule has 1 saturated carbocycles. The van der Waals surface area contributed by atoms with Crippen LogP contribution in [0.15, 0.2) is 18.2 Å². The molecule has 94 valence electrons. The van der Waals surface area contributed by atoms with Crippen LogP contribution in [0, 0.1) is 6.92 Å². The van der Waals surface area contributed by atoms with Crippen molar-refractivity contribution in [3.8, 4) is 5.75 Å². The van der Waals surface area contributed by atoms with Gasteiger partial charge in [0.05, 0.1) is 6.10 Å². The van der Waals surface area contributed by atoms with Gasteiger partial charge in [-0.1, -0.05) is 18.6 Å². The molecule has 0 saturated heterocycles. The molecule has 17 heavy (non-hydrogen) atoms. The Hall–Kier alpha value is -1.02. The van der Waals surface area contributed by atoms with Gasteiger partial charge in [0.15, 0.2) is 0 Å². The Balaban J connectivity index is 2.14. The molecule has 2 N–H and O–H groups in total. The van der Waals surface area contributed by atoms with Crippen molar-refractivity contribution in [1.29, 1.82) is 0 Å². The maximum atomic E-state index is 6.15. The van der Waals surface area contributed by atoms with E-state index < -0.39 is 0 Å². The Morgan fingerprint density at radius 1 is 1.24 bits per heavy atom. The smallest absolute Gasteiger partial charge is 0.124 e. The molecule has 0 aromatic heterocycles. The lowest BCUT2D eigenvalue weighted by atomic mass is 9.97. The summed E-state index contributed by atoms with van der Waals surface area (Å²) in [5.41, 5.74) is 8.35. The zero-order valence-electron chi connectivity index (χ0n) is 10.9. The quantitative estimate of drug-likeness (QED) is 0.863. The van der Waals surface area contributed by atoms with Crippen LogP contribution < -0.4 is 10.5 Å². The fourth-order valence-electron chi connectivity index (χ4n) is 2.48. The van der Waals surface area contributed by atoms with E-state index in [1.165, 1.54) is 37.7 Å². The first-order valence-corrected chi connectivity index (χ1v) is 6.69. The molecule has 1 aliphatic carbocycles. The monoisotopic (exact) mass is 233 g/mol. The summed E-state index contributed by atoms with van der Waals surface area (Å²) in [6.45, 7) is 4.11. The Kier molecular flexibility index (Phi) is 4.06. The van der Waals surface area contributed by atoms with E-state index in [0.717, 1.165) is 11.3 Å². The molecule has 0 spiro atoms. The van der Waals surface area contributed by atoms with Gasteiger partial charge >= 0.3 is 0 Å². The van der Waals surface area contributed by atoms with Crippen LogP contribution >= 0.6 is 0 Å².